The first-order valence-corrected chi connectivity index (χ1v) is 3.26. The van der Waals surface area contributed by atoms with Gasteiger partial charge in [-0.2, -0.15) is 0 Å². The highest BCUT2D eigenvalue weighted by Crippen LogP contribution is 2.20. The topological polar surface area (TPSA) is 60.2 Å². The fourth-order valence-electron chi connectivity index (χ4n) is 0.494. The van der Waals surface area contributed by atoms with Gasteiger partial charge >= 0.3 is 0 Å². The Bertz CT molecular complexity index is 161. The van der Waals surface area contributed by atoms with Gasteiger partial charge in [-0.25, -0.2) is 0 Å². The van der Waals surface area contributed by atoms with Crippen LogP contribution in [0.5, 0.6) is 0 Å². The van der Waals surface area contributed by atoms with Gasteiger partial charge in [-0.3, -0.25) is 9.59 Å². The van der Waals surface area contributed by atoms with E-state index in [1.54, 1.807) is 13.8 Å². The van der Waals surface area contributed by atoms with Gasteiger partial charge in [-0.05, 0) is 6.42 Å². The zero-order chi connectivity index (χ0) is 8.36. The molecule has 0 radical (unpaired) electrons. The number of amides is 1. The zero-order valence-electron chi connectivity index (χ0n) is 6.60. The summed E-state index contributed by atoms with van der Waals surface area (Å²) >= 11 is 0. The highest BCUT2D eigenvalue weighted by molar-refractivity contribution is 6.37. The number of ketones is 1. The first-order chi connectivity index (χ1) is 4.41. The number of hydrogen-bond acceptors (Lipinski definition) is 2. The molecule has 0 aromatic rings. The number of Topliss-reactive ketones (excluding diaryl/α,β-unsaturated/α-hetero) is 1. The normalized spacial score (nSPS) is 11.1. The molecule has 0 bridgehead atoms. The van der Waals surface area contributed by atoms with Crippen molar-refractivity contribution in [3.63, 3.8) is 0 Å². The van der Waals surface area contributed by atoms with Crippen molar-refractivity contribution in [3.05, 3.63) is 0 Å². The summed E-state index contributed by atoms with van der Waals surface area (Å²) < 4.78 is 0. The summed E-state index contributed by atoms with van der Waals surface area (Å²) in [6.07, 6.45) is 0.634. The first-order valence-electron chi connectivity index (χ1n) is 3.26. The van der Waals surface area contributed by atoms with Gasteiger partial charge in [0.25, 0.3) is 5.91 Å². The van der Waals surface area contributed by atoms with Gasteiger partial charge in [0.15, 0.2) is 0 Å². The molecule has 0 aromatic carbocycles. The molecule has 0 aliphatic heterocycles. The molecule has 0 atom stereocenters. The number of carbonyl (C=O) groups excluding carboxylic acids is 2. The predicted molar refractivity (Wildman–Crippen MR) is 38.3 cm³/mol. The van der Waals surface area contributed by atoms with Crippen LogP contribution in [0, 0.1) is 5.41 Å². The maximum atomic E-state index is 10.9. The van der Waals surface area contributed by atoms with Crippen LogP contribution in [0.3, 0.4) is 0 Å². The molecule has 1 amide bonds. The molecule has 3 heteroatoms. The largest absolute Gasteiger partial charge is 0.363 e. The molecule has 0 saturated carbocycles. The van der Waals surface area contributed by atoms with Crippen molar-refractivity contribution >= 4 is 11.7 Å². The smallest absolute Gasteiger partial charge is 0.285 e. The Balaban J connectivity index is 4.33. The quantitative estimate of drug-likeness (QED) is 0.584. The molecule has 3 nitrogen and oxygen atoms in total. The molecule has 0 aliphatic rings. The summed E-state index contributed by atoms with van der Waals surface area (Å²) in [7, 11) is 0. The van der Waals surface area contributed by atoms with Crippen molar-refractivity contribution < 1.29 is 9.59 Å². The van der Waals surface area contributed by atoms with Gasteiger partial charge in [-0.15, -0.1) is 0 Å². The van der Waals surface area contributed by atoms with Crippen molar-refractivity contribution in [2.24, 2.45) is 11.1 Å². The number of hydrogen-bond donors (Lipinski definition) is 1. The zero-order valence-corrected chi connectivity index (χ0v) is 6.60. The Morgan fingerprint density at radius 3 is 1.90 bits per heavy atom. The van der Waals surface area contributed by atoms with Crippen LogP contribution in [0.2, 0.25) is 0 Å². The lowest BCUT2D eigenvalue weighted by Crippen LogP contribution is -2.35. The van der Waals surface area contributed by atoms with Crippen LogP contribution in [-0.2, 0) is 9.59 Å². The lowest BCUT2D eigenvalue weighted by atomic mass is 9.85. The minimum absolute atomic E-state index is 0.491. The van der Waals surface area contributed by atoms with Crippen molar-refractivity contribution in [3.8, 4) is 0 Å². The van der Waals surface area contributed by atoms with E-state index in [4.69, 9.17) is 5.73 Å². The van der Waals surface area contributed by atoms with Crippen LogP contribution in [0.1, 0.15) is 27.2 Å². The summed E-state index contributed by atoms with van der Waals surface area (Å²) in [5.74, 6) is -1.33. The molecule has 0 aromatic heterocycles. The first kappa shape index (κ1) is 9.14. The summed E-state index contributed by atoms with van der Waals surface area (Å²) in [4.78, 5) is 21.3. The second-order valence-corrected chi connectivity index (χ2v) is 2.93. The lowest BCUT2D eigenvalue weighted by molar-refractivity contribution is -0.141. The third kappa shape index (κ3) is 1.83. The number of carbonyl (C=O) groups is 2. The average molecular weight is 143 g/mol. The van der Waals surface area contributed by atoms with Crippen molar-refractivity contribution in [2.75, 3.05) is 0 Å². The maximum Gasteiger partial charge on any atom is 0.285 e. The van der Waals surface area contributed by atoms with Crippen LogP contribution in [-0.4, -0.2) is 11.7 Å². The fraction of sp³-hybridized carbons (Fsp3) is 0.714. The third-order valence-corrected chi connectivity index (χ3v) is 1.72. The monoisotopic (exact) mass is 143 g/mol. The van der Waals surface area contributed by atoms with E-state index in [-0.39, 0.29) is 0 Å². The molecule has 58 valence electrons. The Morgan fingerprint density at radius 1 is 1.40 bits per heavy atom. The summed E-state index contributed by atoms with van der Waals surface area (Å²) in [5.41, 5.74) is 4.22. The second-order valence-electron chi connectivity index (χ2n) is 2.93. The van der Waals surface area contributed by atoms with Gasteiger partial charge in [-0.1, -0.05) is 20.8 Å². The Labute approximate surface area is 60.6 Å². The fourth-order valence-corrected chi connectivity index (χ4v) is 0.494. The Morgan fingerprint density at radius 2 is 1.80 bits per heavy atom. The predicted octanol–water partition coefficient (Wildman–Crippen LogP) is 0.477. The van der Waals surface area contributed by atoms with E-state index < -0.39 is 17.1 Å². The summed E-state index contributed by atoms with van der Waals surface area (Å²) in [6.45, 7) is 5.26. The van der Waals surface area contributed by atoms with Gasteiger partial charge in [0.2, 0.25) is 5.78 Å². The SMILES string of the molecule is CCC(C)(C)C(=O)C(N)=O. The third-order valence-electron chi connectivity index (χ3n) is 1.72. The van der Waals surface area contributed by atoms with Gasteiger partial charge in [0.1, 0.15) is 0 Å². The number of nitrogens with two attached hydrogens (primary N) is 1. The maximum absolute atomic E-state index is 10.9. The van der Waals surface area contributed by atoms with Gasteiger partial charge in [0.05, 0.1) is 0 Å². The molecule has 0 aliphatic carbocycles. The molecular weight excluding hydrogens is 130 g/mol. The van der Waals surface area contributed by atoms with E-state index in [1.165, 1.54) is 0 Å². The van der Waals surface area contributed by atoms with E-state index in [2.05, 4.69) is 0 Å². The standard InChI is InChI=1S/C7H13NO2/c1-4-7(2,3)5(9)6(8)10/h4H2,1-3H3,(H2,8,10). The van der Waals surface area contributed by atoms with Crippen LogP contribution in [0.4, 0.5) is 0 Å². The average Bonchev–Trinajstić information content (AvgIpc) is 1.86. The van der Waals surface area contributed by atoms with Crippen LogP contribution >= 0.6 is 0 Å². The Hall–Kier alpha value is -0.860. The van der Waals surface area contributed by atoms with E-state index >= 15 is 0 Å². The van der Waals surface area contributed by atoms with E-state index in [0.717, 1.165) is 0 Å². The number of rotatable bonds is 3. The highest BCUT2D eigenvalue weighted by atomic mass is 16.2. The second kappa shape index (κ2) is 2.82. The molecule has 0 saturated heterocycles. The molecule has 0 spiro atoms. The Kier molecular flexibility index (Phi) is 2.57. The summed E-state index contributed by atoms with van der Waals surface area (Å²) in [5, 5.41) is 0. The van der Waals surface area contributed by atoms with Crippen LogP contribution < -0.4 is 5.73 Å². The molecule has 0 fully saturated rings. The molecule has 0 unspecified atom stereocenters. The molecule has 10 heavy (non-hydrogen) atoms. The van der Waals surface area contributed by atoms with Gasteiger partial charge < -0.3 is 5.73 Å². The van der Waals surface area contributed by atoms with E-state index in [0.29, 0.717) is 6.42 Å². The molecule has 0 heterocycles. The number of primary amides is 1. The van der Waals surface area contributed by atoms with E-state index in [1.807, 2.05) is 6.92 Å². The molecular formula is C7H13NO2. The van der Waals surface area contributed by atoms with Crippen molar-refractivity contribution in [1.82, 2.24) is 0 Å². The van der Waals surface area contributed by atoms with Crippen LogP contribution in [0.25, 0.3) is 0 Å². The molecule has 2 N–H and O–H groups in total. The van der Waals surface area contributed by atoms with E-state index in [9.17, 15) is 9.59 Å². The van der Waals surface area contributed by atoms with Crippen LogP contribution in [0.15, 0.2) is 0 Å². The van der Waals surface area contributed by atoms with Gasteiger partial charge in [0, 0.05) is 5.41 Å². The molecule has 0 rings (SSSR count). The van der Waals surface area contributed by atoms with Crippen molar-refractivity contribution in [1.29, 1.82) is 0 Å². The summed E-state index contributed by atoms with van der Waals surface area (Å²) in [6, 6.07) is 0. The van der Waals surface area contributed by atoms with Crippen molar-refractivity contribution in [2.45, 2.75) is 27.2 Å². The minimum Gasteiger partial charge on any atom is -0.363 e. The minimum atomic E-state index is -0.841. The highest BCUT2D eigenvalue weighted by Gasteiger charge is 2.29. The lowest BCUT2D eigenvalue weighted by Gasteiger charge is -2.17.